The van der Waals surface area contributed by atoms with Crippen molar-refractivity contribution in [2.45, 2.75) is 26.2 Å². The zero-order valence-corrected chi connectivity index (χ0v) is 17.6. The van der Waals surface area contributed by atoms with Crippen molar-refractivity contribution in [2.24, 2.45) is 0 Å². The van der Waals surface area contributed by atoms with E-state index in [1.165, 1.54) is 11.1 Å². The van der Waals surface area contributed by atoms with Crippen molar-refractivity contribution in [1.29, 1.82) is 0 Å². The predicted octanol–water partition coefficient (Wildman–Crippen LogP) is 5.39. The number of anilines is 2. The number of urea groups is 1. The molecule has 6 heteroatoms. The molecule has 0 spiro atoms. The zero-order valence-electron chi connectivity index (χ0n) is 16.1. The highest BCUT2D eigenvalue weighted by Crippen LogP contribution is 2.30. The van der Waals surface area contributed by atoms with Gasteiger partial charge in [0.05, 0.1) is 0 Å². The molecule has 0 aromatic heterocycles. The summed E-state index contributed by atoms with van der Waals surface area (Å²) in [6.07, 6.45) is 3.07. The third-order valence-corrected chi connectivity index (χ3v) is 6.17. The standard InChI is InChI=1S/C22H25Cl2N3O/c1-16-5-6-19(24)15-21(16)25-10-12-26(13-11-25)22(28)27-9-3-2-4-17-14-18(23)7-8-20(17)27/h5-8,14-15H,2-4,9-13H2,1H3. The largest absolute Gasteiger partial charge is 0.368 e. The highest BCUT2D eigenvalue weighted by atomic mass is 35.5. The number of rotatable bonds is 1. The maximum Gasteiger partial charge on any atom is 0.324 e. The zero-order chi connectivity index (χ0) is 19.7. The van der Waals surface area contributed by atoms with Gasteiger partial charge in [0.1, 0.15) is 0 Å². The van der Waals surface area contributed by atoms with Crippen LogP contribution in [0.2, 0.25) is 10.0 Å². The summed E-state index contributed by atoms with van der Waals surface area (Å²) in [6.45, 7) is 5.92. The summed E-state index contributed by atoms with van der Waals surface area (Å²) < 4.78 is 0. The molecule has 0 unspecified atom stereocenters. The summed E-state index contributed by atoms with van der Waals surface area (Å²) in [5, 5.41) is 1.48. The van der Waals surface area contributed by atoms with E-state index in [2.05, 4.69) is 17.9 Å². The molecule has 0 radical (unpaired) electrons. The molecule has 0 saturated carbocycles. The van der Waals surface area contributed by atoms with Gasteiger partial charge in [-0.2, -0.15) is 0 Å². The summed E-state index contributed by atoms with van der Waals surface area (Å²) >= 11 is 12.4. The average Bonchev–Trinajstić information content (AvgIpc) is 2.91. The molecule has 2 aliphatic heterocycles. The molecule has 1 saturated heterocycles. The third-order valence-electron chi connectivity index (χ3n) is 5.70. The van der Waals surface area contributed by atoms with Gasteiger partial charge in [-0.15, -0.1) is 0 Å². The first kappa shape index (κ1) is 19.4. The number of hydrogen-bond donors (Lipinski definition) is 0. The van der Waals surface area contributed by atoms with E-state index in [0.717, 1.165) is 60.3 Å². The van der Waals surface area contributed by atoms with Crippen LogP contribution in [0.15, 0.2) is 36.4 Å². The lowest BCUT2D eigenvalue weighted by atomic mass is 10.1. The Morgan fingerprint density at radius 3 is 2.36 bits per heavy atom. The molecule has 2 amide bonds. The van der Waals surface area contributed by atoms with Gasteiger partial charge in [-0.1, -0.05) is 29.3 Å². The third kappa shape index (κ3) is 3.94. The SMILES string of the molecule is Cc1ccc(Cl)cc1N1CCN(C(=O)N2CCCCc3cc(Cl)ccc32)CC1. The molecular weight excluding hydrogens is 393 g/mol. The summed E-state index contributed by atoms with van der Waals surface area (Å²) in [5.41, 5.74) is 4.56. The van der Waals surface area contributed by atoms with Crippen LogP contribution in [0.1, 0.15) is 24.0 Å². The monoisotopic (exact) mass is 417 g/mol. The first-order chi connectivity index (χ1) is 13.5. The smallest absolute Gasteiger partial charge is 0.324 e. The first-order valence-corrected chi connectivity index (χ1v) is 10.6. The summed E-state index contributed by atoms with van der Waals surface area (Å²) in [7, 11) is 0. The molecule has 148 valence electrons. The number of fused-ring (bicyclic) bond motifs is 1. The van der Waals surface area contributed by atoms with Gasteiger partial charge in [-0.05, 0) is 67.6 Å². The van der Waals surface area contributed by atoms with Gasteiger partial charge >= 0.3 is 6.03 Å². The Labute approximate surface area is 176 Å². The Bertz CT molecular complexity index is 878. The Morgan fingerprint density at radius 2 is 1.57 bits per heavy atom. The number of carbonyl (C=O) groups excluding carboxylic acids is 1. The van der Waals surface area contributed by atoms with Crippen LogP contribution in [-0.4, -0.2) is 43.7 Å². The van der Waals surface area contributed by atoms with E-state index in [0.29, 0.717) is 13.1 Å². The maximum absolute atomic E-state index is 13.3. The molecule has 0 bridgehead atoms. The first-order valence-electron chi connectivity index (χ1n) is 9.89. The Morgan fingerprint density at radius 1 is 0.857 bits per heavy atom. The van der Waals surface area contributed by atoms with Crippen LogP contribution in [0.4, 0.5) is 16.2 Å². The Kier molecular flexibility index (Phi) is 5.70. The van der Waals surface area contributed by atoms with Gasteiger partial charge in [0, 0.05) is 54.1 Å². The second-order valence-corrected chi connectivity index (χ2v) is 8.44. The summed E-state index contributed by atoms with van der Waals surface area (Å²) in [5.74, 6) is 0. The average molecular weight is 418 g/mol. The molecule has 2 heterocycles. The van der Waals surface area contributed by atoms with Gasteiger partial charge in [-0.3, -0.25) is 4.90 Å². The highest BCUT2D eigenvalue weighted by molar-refractivity contribution is 6.31. The molecule has 2 aromatic carbocycles. The summed E-state index contributed by atoms with van der Waals surface area (Å²) in [4.78, 5) is 19.5. The molecule has 4 rings (SSSR count). The second kappa shape index (κ2) is 8.22. The van der Waals surface area contributed by atoms with Crippen LogP contribution in [0.3, 0.4) is 0 Å². The molecule has 0 atom stereocenters. The number of nitrogens with zero attached hydrogens (tertiary/aromatic N) is 3. The molecule has 0 aliphatic carbocycles. The number of carbonyl (C=O) groups is 1. The van der Waals surface area contributed by atoms with Gasteiger partial charge < -0.3 is 9.80 Å². The lowest BCUT2D eigenvalue weighted by molar-refractivity contribution is 0.201. The topological polar surface area (TPSA) is 26.8 Å². The second-order valence-electron chi connectivity index (χ2n) is 7.57. The van der Waals surface area contributed by atoms with Crippen molar-refractivity contribution in [3.8, 4) is 0 Å². The van der Waals surface area contributed by atoms with E-state index in [4.69, 9.17) is 23.2 Å². The Balaban J connectivity index is 1.48. The Hall–Kier alpha value is -1.91. The van der Waals surface area contributed by atoms with E-state index in [9.17, 15) is 4.79 Å². The minimum absolute atomic E-state index is 0.105. The van der Waals surface area contributed by atoms with Crippen molar-refractivity contribution in [2.75, 3.05) is 42.5 Å². The van der Waals surface area contributed by atoms with Crippen LogP contribution in [0.25, 0.3) is 0 Å². The minimum Gasteiger partial charge on any atom is -0.368 e. The van der Waals surface area contributed by atoms with Crippen LogP contribution < -0.4 is 9.80 Å². The normalized spacial score (nSPS) is 17.3. The van der Waals surface area contributed by atoms with E-state index in [1.54, 1.807) is 0 Å². The van der Waals surface area contributed by atoms with Gasteiger partial charge in [0.2, 0.25) is 0 Å². The molecule has 28 heavy (non-hydrogen) atoms. The number of piperazine rings is 1. The number of benzene rings is 2. The van der Waals surface area contributed by atoms with Gasteiger partial charge in [0.15, 0.2) is 0 Å². The number of amides is 2. The molecule has 0 N–H and O–H groups in total. The molecule has 4 nitrogen and oxygen atoms in total. The fourth-order valence-corrected chi connectivity index (χ4v) is 4.52. The van der Waals surface area contributed by atoms with Gasteiger partial charge in [-0.25, -0.2) is 4.79 Å². The molecule has 2 aliphatic rings. The fraction of sp³-hybridized carbons (Fsp3) is 0.409. The van der Waals surface area contributed by atoms with E-state index in [-0.39, 0.29) is 6.03 Å². The lowest BCUT2D eigenvalue weighted by Crippen LogP contribution is -2.53. The predicted molar refractivity (Wildman–Crippen MR) is 117 cm³/mol. The maximum atomic E-state index is 13.3. The van der Waals surface area contributed by atoms with Crippen LogP contribution >= 0.6 is 23.2 Å². The van der Waals surface area contributed by atoms with E-state index >= 15 is 0 Å². The van der Waals surface area contributed by atoms with Crippen LogP contribution in [-0.2, 0) is 6.42 Å². The van der Waals surface area contributed by atoms with Crippen molar-refractivity contribution >= 4 is 40.6 Å². The number of aryl methyl sites for hydroxylation is 2. The van der Waals surface area contributed by atoms with Crippen molar-refractivity contribution < 1.29 is 4.79 Å². The fourth-order valence-electron chi connectivity index (χ4n) is 4.15. The molecule has 1 fully saturated rings. The minimum atomic E-state index is 0.105. The molecular formula is C22H25Cl2N3O. The van der Waals surface area contributed by atoms with E-state index < -0.39 is 0 Å². The van der Waals surface area contributed by atoms with E-state index in [1.807, 2.05) is 40.1 Å². The van der Waals surface area contributed by atoms with Crippen LogP contribution in [0.5, 0.6) is 0 Å². The van der Waals surface area contributed by atoms with Crippen molar-refractivity contribution in [1.82, 2.24) is 4.90 Å². The van der Waals surface area contributed by atoms with Crippen LogP contribution in [0, 0.1) is 6.92 Å². The quantitative estimate of drug-likeness (QED) is 0.621. The molecule has 2 aromatic rings. The highest BCUT2D eigenvalue weighted by Gasteiger charge is 2.28. The van der Waals surface area contributed by atoms with Gasteiger partial charge in [0.25, 0.3) is 0 Å². The number of halogens is 2. The van der Waals surface area contributed by atoms with Crippen molar-refractivity contribution in [3.63, 3.8) is 0 Å². The van der Waals surface area contributed by atoms with Crippen molar-refractivity contribution in [3.05, 3.63) is 57.6 Å². The summed E-state index contributed by atoms with van der Waals surface area (Å²) in [6, 6.07) is 12.0. The lowest BCUT2D eigenvalue weighted by Gasteiger charge is -2.39. The number of hydrogen-bond acceptors (Lipinski definition) is 2.